The number of furan rings is 3. The number of hydrogen-bond acceptors (Lipinski definition) is 3. The summed E-state index contributed by atoms with van der Waals surface area (Å²) in [6.07, 6.45) is 5.81. The highest BCUT2D eigenvalue weighted by Crippen LogP contribution is 2.42. The summed E-state index contributed by atoms with van der Waals surface area (Å²) >= 11 is 0. The molecule has 0 fully saturated rings. The van der Waals surface area contributed by atoms with Gasteiger partial charge in [-0.05, 0) is 167 Å². The van der Waals surface area contributed by atoms with Gasteiger partial charge in [0.05, 0.1) is 16.7 Å². The van der Waals surface area contributed by atoms with E-state index < -0.39 is 80.6 Å². The fourth-order valence-electron chi connectivity index (χ4n) is 13.1. The number of rotatable bonds is 11. The van der Waals surface area contributed by atoms with Crippen molar-refractivity contribution in [2.24, 2.45) is 27.0 Å². The van der Waals surface area contributed by atoms with Crippen molar-refractivity contribution in [2.75, 3.05) is 0 Å². The van der Waals surface area contributed by atoms with Crippen LogP contribution in [0.4, 0.5) is 8.78 Å². The van der Waals surface area contributed by atoms with Crippen molar-refractivity contribution in [1.82, 2.24) is 0 Å². The van der Waals surface area contributed by atoms with Crippen LogP contribution in [0.5, 0.6) is 0 Å². The van der Waals surface area contributed by atoms with Gasteiger partial charge in [-0.1, -0.05) is 176 Å². The highest BCUT2D eigenvalue weighted by molar-refractivity contribution is 6.12. The van der Waals surface area contributed by atoms with Gasteiger partial charge in [0, 0.05) is 93.3 Å². The lowest BCUT2D eigenvalue weighted by molar-refractivity contribution is -0.660. The van der Waals surface area contributed by atoms with Crippen molar-refractivity contribution in [3.05, 3.63) is 269 Å². The summed E-state index contributed by atoms with van der Waals surface area (Å²) < 4.78 is 207. The Morgan fingerprint density at radius 2 is 0.760 bits per heavy atom. The van der Waals surface area contributed by atoms with Gasteiger partial charge in [-0.15, -0.1) is 0 Å². The molecule has 96 heavy (non-hydrogen) atoms. The summed E-state index contributed by atoms with van der Waals surface area (Å²) in [5, 5.41) is 6.20. The molecule has 6 nitrogen and oxygen atoms in total. The number of aryl methyl sites for hydroxylation is 6. The minimum atomic E-state index is -3.54. The molecule has 3 atom stereocenters. The smallest absolute Gasteiger partial charge is 0.216 e. The summed E-state index contributed by atoms with van der Waals surface area (Å²) in [6.45, 7) is -5.42. The fraction of sp³-hybridized carbons (Fsp3) is 0.216. The van der Waals surface area contributed by atoms with E-state index in [1.165, 1.54) is 26.0 Å². The molecule has 8 heteroatoms. The lowest BCUT2D eigenvalue weighted by Gasteiger charge is -2.16. The lowest BCUT2D eigenvalue weighted by atomic mass is 9.90. The van der Waals surface area contributed by atoms with Crippen LogP contribution in [0.2, 0.25) is 0 Å². The number of aromatic nitrogens is 3. The lowest BCUT2D eigenvalue weighted by Crippen LogP contribution is -2.31. The van der Waals surface area contributed by atoms with Crippen LogP contribution in [0.3, 0.4) is 0 Å². The quantitative estimate of drug-likeness (QED) is 0.121. The SMILES string of the molecule is [2H]C([2H])([2H])C([2H])(C)Cc1cccc(-c2ccc(-c3c(C)ccc4c3oc3ccccc34)[n+](C)c2)c1.[2H]C([2H])([2H])C([2H])(C)c1cc(-c2ccc(-c3c(C)ccc4c3oc3ccccc34)[n+](C)c2)cc(C([2H])(C([2H])([2H])[2H])C([2H])([2H])[2H])c1F.[2H]C([2H])([2H])C([2H])(C)c1cc(-c2ccc(-c3c(C)ccc4c3oc3ccccc34)[n+](C)c2)ccc1F. The summed E-state index contributed by atoms with van der Waals surface area (Å²) in [6, 6.07) is 61.8. The van der Waals surface area contributed by atoms with Crippen LogP contribution in [-0.2, 0) is 27.6 Å². The molecular formula is C88H84F2N3O3+3. The van der Waals surface area contributed by atoms with Crippen LogP contribution in [-0.4, -0.2) is 0 Å². The van der Waals surface area contributed by atoms with Crippen molar-refractivity contribution in [1.29, 1.82) is 0 Å². The Balaban J connectivity index is 0.000000152. The van der Waals surface area contributed by atoms with Gasteiger partial charge in [0.1, 0.15) is 66.3 Å². The number of benzene rings is 9. The molecule has 3 unspecified atom stereocenters. The first-order chi connectivity index (χ1) is 53.6. The van der Waals surface area contributed by atoms with E-state index in [1.54, 1.807) is 36.0 Å². The number of nitrogens with zero attached hydrogens (tertiary/aromatic N) is 3. The molecule has 0 radical (unpaired) electrons. The maximum atomic E-state index is 16.2. The van der Waals surface area contributed by atoms with E-state index in [0.717, 1.165) is 152 Å². The number of hydrogen-bond donors (Lipinski definition) is 0. The van der Waals surface area contributed by atoms with Crippen molar-refractivity contribution in [2.45, 2.75) is 99.9 Å². The molecule has 0 N–H and O–H groups in total. The Morgan fingerprint density at radius 1 is 0.375 bits per heavy atom. The summed E-state index contributed by atoms with van der Waals surface area (Å²) in [7, 11) is 5.71. The van der Waals surface area contributed by atoms with E-state index in [-0.39, 0.29) is 17.5 Å². The van der Waals surface area contributed by atoms with Crippen molar-refractivity contribution in [3.8, 4) is 67.2 Å². The fourth-order valence-corrected chi connectivity index (χ4v) is 13.1. The normalized spacial score (nSPS) is 17.3. The number of fused-ring (bicyclic) bond motifs is 9. The van der Waals surface area contributed by atoms with Gasteiger partial charge < -0.3 is 13.3 Å². The Labute approximate surface area is 589 Å². The Bertz CT molecular complexity index is 6310. The van der Waals surface area contributed by atoms with Gasteiger partial charge in [-0.2, -0.15) is 0 Å². The maximum Gasteiger partial charge on any atom is 0.216 e. The van der Waals surface area contributed by atoms with E-state index in [4.69, 9.17) is 39.3 Å². The van der Waals surface area contributed by atoms with Gasteiger partial charge in [0.25, 0.3) is 0 Å². The second-order valence-corrected chi connectivity index (χ2v) is 24.8. The molecule has 0 aliphatic rings. The third kappa shape index (κ3) is 12.3. The van der Waals surface area contributed by atoms with E-state index in [2.05, 4.69) is 66.2 Å². The van der Waals surface area contributed by atoms with Crippen molar-refractivity contribution >= 4 is 65.8 Å². The van der Waals surface area contributed by atoms with E-state index >= 15 is 4.39 Å². The first-order valence-electron chi connectivity index (χ1n) is 41.1. The van der Waals surface area contributed by atoms with Crippen LogP contribution in [0.15, 0.2) is 232 Å². The molecular weight excluding hydrogens is 1180 g/mol. The number of halogens is 2. The highest BCUT2D eigenvalue weighted by Gasteiger charge is 2.26. The van der Waals surface area contributed by atoms with E-state index in [9.17, 15) is 4.39 Å². The molecule has 0 amide bonds. The zero-order valence-corrected chi connectivity index (χ0v) is 54.8. The molecule has 480 valence electrons. The van der Waals surface area contributed by atoms with Crippen LogP contribution in [0, 0.1) is 38.3 Å². The molecule has 0 spiro atoms. The monoisotopic (exact) mass is 1290 g/mol. The third-order valence-corrected chi connectivity index (χ3v) is 17.9. The Morgan fingerprint density at radius 3 is 1.19 bits per heavy atom. The molecule has 6 aromatic heterocycles. The van der Waals surface area contributed by atoms with Crippen LogP contribution in [0.25, 0.3) is 133 Å². The zero-order chi connectivity index (χ0) is 83.6. The molecule has 9 aromatic carbocycles. The van der Waals surface area contributed by atoms with Gasteiger partial charge in [0.2, 0.25) is 17.1 Å². The van der Waals surface area contributed by atoms with Crippen LogP contribution in [0.1, 0.15) is 138 Å². The second kappa shape index (κ2) is 26.5. The van der Waals surface area contributed by atoms with Gasteiger partial charge >= 0.3 is 0 Å². The highest BCUT2D eigenvalue weighted by atomic mass is 19.1. The predicted octanol–water partition coefficient (Wildman–Crippen LogP) is 23.0. The maximum absolute atomic E-state index is 16.2. The second-order valence-electron chi connectivity index (χ2n) is 24.8. The predicted molar refractivity (Wildman–Crippen MR) is 392 cm³/mol. The Kier molecular flexibility index (Phi) is 12.4. The average Bonchev–Trinajstić information content (AvgIpc) is 1.57. The number of pyridine rings is 3. The minimum Gasteiger partial charge on any atom is -0.455 e. The largest absolute Gasteiger partial charge is 0.455 e. The summed E-state index contributed by atoms with van der Waals surface area (Å²) in [4.78, 5) is 0. The first-order valence-corrected chi connectivity index (χ1v) is 31.6. The van der Waals surface area contributed by atoms with Gasteiger partial charge in [-0.25, -0.2) is 22.5 Å². The average molecular weight is 1290 g/mol. The van der Waals surface area contributed by atoms with Crippen molar-refractivity contribution < 1.29 is 61.8 Å². The van der Waals surface area contributed by atoms with Crippen LogP contribution < -0.4 is 13.7 Å². The number of para-hydroxylation sites is 3. The van der Waals surface area contributed by atoms with Gasteiger partial charge in [0.15, 0.2) is 18.6 Å². The van der Waals surface area contributed by atoms with Gasteiger partial charge in [-0.3, -0.25) is 0 Å². The molecule has 0 saturated carbocycles. The van der Waals surface area contributed by atoms with E-state index in [0.29, 0.717) is 16.7 Å². The summed E-state index contributed by atoms with van der Waals surface area (Å²) in [5.74, 6) is -11.9. The Hall–Kier alpha value is -10.3. The minimum absolute atomic E-state index is 0.0510. The first kappa shape index (κ1) is 45.1. The molecule has 15 rings (SSSR count). The van der Waals surface area contributed by atoms with Crippen molar-refractivity contribution in [3.63, 3.8) is 0 Å². The topological polar surface area (TPSA) is 51.1 Å². The molecule has 0 aliphatic carbocycles. The zero-order valence-electron chi connectivity index (χ0n) is 73.8. The molecule has 0 aliphatic heterocycles. The van der Waals surface area contributed by atoms with E-state index in [1.807, 2.05) is 148 Å². The molecule has 15 aromatic rings. The molecule has 6 heterocycles. The molecule has 0 saturated heterocycles. The third-order valence-electron chi connectivity index (χ3n) is 17.9. The molecule has 0 bridgehead atoms. The summed E-state index contributed by atoms with van der Waals surface area (Å²) in [5.41, 5.74) is 16.3. The van der Waals surface area contributed by atoms with Crippen LogP contribution >= 0.6 is 0 Å². The standard InChI is InChI=1S/C31H31FNO.C29H28NO.C28H25FNO/c1-18(2)25-15-22(16-26(19(3)4)30(25)32)21-12-14-27(33(6)17-21)29-20(5)11-13-24-23-9-7-8-10-28(23)34-31(24)29;1-19(2)16-21-8-7-9-22(17-21)23-13-15-26(30(4)18-23)28-20(3)12-14-25-24-10-5-6-11-27(24)31-29(25)28;1-17(2)23-15-19(10-13-24(23)29)20-11-14-25(30(4)16-20)27-18(3)9-12-22-21-7-5-6-8-26(21)31-28(22)27/h7-19H,1-6H3;5-15,17-19H,16H2,1-4H3;5-17H,1-4H3/q3*+1/i1D3,2D3,3D3,18D,19D;1D3,19D;1D3,17D.